The molecule has 26 heavy (non-hydrogen) atoms. The predicted octanol–water partition coefficient (Wildman–Crippen LogP) is 2.67. The highest BCUT2D eigenvalue weighted by Gasteiger charge is 2.26. The second-order valence-electron chi connectivity index (χ2n) is 6.07. The smallest absolute Gasteiger partial charge is 0.231 e. The molecule has 3 heterocycles. The minimum Gasteiger partial charge on any atom is -0.494 e. The van der Waals surface area contributed by atoms with Crippen LogP contribution in [0.15, 0.2) is 48.9 Å². The monoisotopic (exact) mass is 350 g/mol. The molecule has 0 aliphatic carbocycles. The number of hydrogen-bond acceptors (Lipinski definition) is 5. The minimum absolute atomic E-state index is 0.0978. The van der Waals surface area contributed by atoms with Crippen molar-refractivity contribution in [2.24, 2.45) is 5.92 Å². The van der Waals surface area contributed by atoms with Gasteiger partial charge in [0.1, 0.15) is 23.8 Å². The van der Waals surface area contributed by atoms with E-state index >= 15 is 0 Å². The molecule has 7 nitrogen and oxygen atoms in total. The number of H-pyrrole nitrogens is 1. The van der Waals surface area contributed by atoms with E-state index in [-0.39, 0.29) is 11.8 Å². The van der Waals surface area contributed by atoms with Gasteiger partial charge in [-0.05, 0) is 18.1 Å². The molecule has 132 valence electrons. The van der Waals surface area contributed by atoms with Crippen LogP contribution in [-0.2, 0) is 11.2 Å². The van der Waals surface area contributed by atoms with Gasteiger partial charge < -0.3 is 14.8 Å². The normalized spacial score (nSPS) is 15.7. The third-order valence-corrected chi connectivity index (χ3v) is 4.36. The summed E-state index contributed by atoms with van der Waals surface area (Å²) in [7, 11) is 1.57. The van der Waals surface area contributed by atoms with Crippen molar-refractivity contribution < 1.29 is 14.3 Å². The zero-order chi connectivity index (χ0) is 17.9. The van der Waals surface area contributed by atoms with E-state index in [0.717, 1.165) is 16.9 Å². The number of hydrogen-bond donors (Lipinski definition) is 2. The summed E-state index contributed by atoms with van der Waals surface area (Å²) in [4.78, 5) is 17.0. The fourth-order valence-electron chi connectivity index (χ4n) is 3.01. The van der Waals surface area contributed by atoms with Gasteiger partial charge in [0.2, 0.25) is 5.91 Å². The molecular weight excluding hydrogens is 332 g/mol. The van der Waals surface area contributed by atoms with Crippen LogP contribution in [0.1, 0.15) is 5.56 Å². The highest BCUT2D eigenvalue weighted by atomic mass is 16.5. The Morgan fingerprint density at radius 2 is 2.23 bits per heavy atom. The Hall–Kier alpha value is -3.35. The number of carbonyl (C=O) groups is 1. The third kappa shape index (κ3) is 3.11. The van der Waals surface area contributed by atoms with Gasteiger partial charge in [-0.2, -0.15) is 5.10 Å². The summed E-state index contributed by atoms with van der Waals surface area (Å²) in [6.45, 7) is 0.362. The van der Waals surface area contributed by atoms with E-state index in [4.69, 9.17) is 9.47 Å². The SMILES string of the molecule is COc1cc(NC(=O)C2COc3ccccc3C2)cnc1-c1cn[nH]c1. The number of fused-ring (bicyclic) bond motifs is 1. The van der Waals surface area contributed by atoms with E-state index in [9.17, 15) is 4.79 Å². The Kier molecular flexibility index (Phi) is 4.27. The summed E-state index contributed by atoms with van der Waals surface area (Å²) in [6.07, 6.45) is 5.67. The summed E-state index contributed by atoms with van der Waals surface area (Å²) in [5.41, 5.74) is 3.11. The minimum atomic E-state index is -0.246. The fourth-order valence-corrected chi connectivity index (χ4v) is 3.01. The second-order valence-corrected chi connectivity index (χ2v) is 6.07. The third-order valence-electron chi connectivity index (χ3n) is 4.36. The Morgan fingerprint density at radius 3 is 3.04 bits per heavy atom. The van der Waals surface area contributed by atoms with Gasteiger partial charge in [-0.3, -0.25) is 14.9 Å². The summed E-state index contributed by atoms with van der Waals surface area (Å²) in [5, 5.41) is 9.57. The van der Waals surface area contributed by atoms with Gasteiger partial charge in [0, 0.05) is 17.8 Å². The van der Waals surface area contributed by atoms with E-state index in [0.29, 0.717) is 30.2 Å². The number of rotatable bonds is 4. The van der Waals surface area contributed by atoms with Gasteiger partial charge in [-0.1, -0.05) is 18.2 Å². The van der Waals surface area contributed by atoms with E-state index in [1.807, 2.05) is 24.3 Å². The number of amides is 1. The van der Waals surface area contributed by atoms with Crippen molar-refractivity contribution >= 4 is 11.6 Å². The average Bonchev–Trinajstić information content (AvgIpc) is 3.22. The van der Waals surface area contributed by atoms with Crippen LogP contribution in [0.25, 0.3) is 11.3 Å². The van der Waals surface area contributed by atoms with Crippen LogP contribution < -0.4 is 14.8 Å². The molecule has 0 bridgehead atoms. The number of para-hydroxylation sites is 1. The number of ether oxygens (including phenoxy) is 2. The molecule has 3 aromatic rings. The van der Waals surface area contributed by atoms with Crippen molar-refractivity contribution in [2.45, 2.75) is 6.42 Å². The Morgan fingerprint density at radius 1 is 1.35 bits per heavy atom. The maximum absolute atomic E-state index is 12.6. The average molecular weight is 350 g/mol. The lowest BCUT2D eigenvalue weighted by molar-refractivity contribution is -0.121. The molecule has 7 heteroatoms. The van der Waals surface area contributed by atoms with Crippen molar-refractivity contribution in [2.75, 3.05) is 19.0 Å². The molecule has 2 aromatic heterocycles. The van der Waals surface area contributed by atoms with E-state index in [1.54, 1.807) is 31.8 Å². The first-order chi connectivity index (χ1) is 12.7. The lowest BCUT2D eigenvalue weighted by atomic mass is 9.96. The Bertz CT molecular complexity index is 924. The molecule has 1 aliphatic heterocycles. The van der Waals surface area contributed by atoms with Crippen molar-refractivity contribution in [1.29, 1.82) is 0 Å². The number of carbonyl (C=O) groups excluding carboxylic acids is 1. The predicted molar refractivity (Wildman–Crippen MR) is 96.1 cm³/mol. The Labute approximate surface area is 150 Å². The zero-order valence-electron chi connectivity index (χ0n) is 14.2. The van der Waals surface area contributed by atoms with Gasteiger partial charge in [0.25, 0.3) is 0 Å². The summed E-state index contributed by atoms with van der Waals surface area (Å²) in [6, 6.07) is 9.54. The van der Waals surface area contributed by atoms with Gasteiger partial charge in [-0.25, -0.2) is 0 Å². The molecule has 1 unspecified atom stereocenters. The van der Waals surface area contributed by atoms with Gasteiger partial charge in [-0.15, -0.1) is 0 Å². The molecule has 0 radical (unpaired) electrons. The van der Waals surface area contributed by atoms with Crippen LogP contribution in [0.4, 0.5) is 5.69 Å². The molecular formula is C19H18N4O3. The fraction of sp³-hybridized carbons (Fsp3) is 0.211. The molecule has 1 aromatic carbocycles. The lowest BCUT2D eigenvalue weighted by Crippen LogP contribution is -2.32. The highest BCUT2D eigenvalue weighted by molar-refractivity contribution is 5.93. The maximum atomic E-state index is 12.6. The van der Waals surface area contributed by atoms with Crippen LogP contribution in [0, 0.1) is 5.92 Å². The molecule has 0 saturated carbocycles. The summed E-state index contributed by atoms with van der Waals surface area (Å²) in [5.74, 6) is 1.07. The number of pyridine rings is 1. The highest BCUT2D eigenvalue weighted by Crippen LogP contribution is 2.30. The first-order valence-corrected chi connectivity index (χ1v) is 8.29. The Balaban J connectivity index is 1.50. The van der Waals surface area contributed by atoms with Crippen molar-refractivity contribution in [1.82, 2.24) is 15.2 Å². The number of anilines is 1. The topological polar surface area (TPSA) is 89.1 Å². The largest absolute Gasteiger partial charge is 0.494 e. The standard InChI is InChI=1S/C19H18N4O3/c1-25-17-7-15(10-20-18(17)14-8-21-22-9-14)23-19(24)13-6-12-4-2-3-5-16(12)26-11-13/h2-5,7-10,13H,6,11H2,1H3,(H,21,22)(H,23,24). The first-order valence-electron chi connectivity index (χ1n) is 8.29. The lowest BCUT2D eigenvalue weighted by Gasteiger charge is -2.24. The van der Waals surface area contributed by atoms with Crippen LogP contribution in [-0.4, -0.2) is 34.8 Å². The molecule has 2 N–H and O–H groups in total. The number of aromatic nitrogens is 3. The van der Waals surface area contributed by atoms with Gasteiger partial charge in [0.05, 0.1) is 31.1 Å². The molecule has 1 aliphatic rings. The van der Waals surface area contributed by atoms with Crippen LogP contribution in [0.2, 0.25) is 0 Å². The van der Waals surface area contributed by atoms with Crippen molar-refractivity contribution in [3.8, 4) is 22.8 Å². The van der Waals surface area contributed by atoms with Gasteiger partial charge >= 0.3 is 0 Å². The molecule has 4 rings (SSSR count). The van der Waals surface area contributed by atoms with E-state index in [1.165, 1.54) is 0 Å². The number of nitrogens with zero attached hydrogens (tertiary/aromatic N) is 2. The van der Waals surface area contributed by atoms with Crippen molar-refractivity contribution in [3.05, 3.63) is 54.5 Å². The van der Waals surface area contributed by atoms with E-state index in [2.05, 4.69) is 20.5 Å². The molecule has 0 saturated heterocycles. The van der Waals surface area contributed by atoms with Crippen LogP contribution in [0.3, 0.4) is 0 Å². The molecule has 0 fully saturated rings. The number of aromatic amines is 1. The number of nitrogens with one attached hydrogen (secondary N) is 2. The molecule has 0 spiro atoms. The van der Waals surface area contributed by atoms with Gasteiger partial charge in [0.15, 0.2) is 0 Å². The number of methoxy groups -OCH3 is 1. The quantitative estimate of drug-likeness (QED) is 0.755. The maximum Gasteiger partial charge on any atom is 0.231 e. The zero-order valence-corrected chi connectivity index (χ0v) is 14.2. The molecule has 1 amide bonds. The number of benzene rings is 1. The van der Waals surface area contributed by atoms with Crippen molar-refractivity contribution in [3.63, 3.8) is 0 Å². The molecule has 1 atom stereocenters. The van der Waals surface area contributed by atoms with E-state index < -0.39 is 0 Å². The summed E-state index contributed by atoms with van der Waals surface area (Å²) < 4.78 is 11.1. The second kappa shape index (κ2) is 6.87. The van der Waals surface area contributed by atoms with Crippen LogP contribution in [0.5, 0.6) is 11.5 Å². The first kappa shape index (κ1) is 16.1. The van der Waals surface area contributed by atoms with Crippen LogP contribution >= 0.6 is 0 Å². The summed E-state index contributed by atoms with van der Waals surface area (Å²) >= 11 is 0.